The fraction of sp³-hybridized carbons (Fsp3) is 0.217. The Morgan fingerprint density at radius 1 is 1.12 bits per heavy atom. The first kappa shape index (κ1) is 15.9. The molecule has 126 valence electrons. The third kappa shape index (κ3) is 3.59. The molecule has 0 spiro atoms. The van der Waals surface area contributed by atoms with Crippen LogP contribution in [-0.2, 0) is 0 Å². The quantitative estimate of drug-likeness (QED) is 0.666. The van der Waals surface area contributed by atoms with Gasteiger partial charge in [0.2, 0.25) is 0 Å². The summed E-state index contributed by atoms with van der Waals surface area (Å²) in [5, 5.41) is 4.91. The van der Waals surface area contributed by atoms with Crippen molar-refractivity contribution in [1.29, 1.82) is 0 Å². The summed E-state index contributed by atoms with van der Waals surface area (Å²) in [5.74, 6) is 0. The highest BCUT2D eigenvalue weighted by Crippen LogP contribution is 2.25. The smallest absolute Gasteiger partial charge is 0.0459 e. The Balaban J connectivity index is 1.43. The molecule has 2 heterocycles. The Bertz CT molecular complexity index is 930. The monoisotopic (exact) mass is 328 g/mol. The summed E-state index contributed by atoms with van der Waals surface area (Å²) < 4.78 is 0. The van der Waals surface area contributed by atoms with Crippen LogP contribution in [0.25, 0.3) is 22.6 Å². The molecule has 2 heteroatoms. The van der Waals surface area contributed by atoms with Crippen LogP contribution in [0.2, 0.25) is 0 Å². The molecule has 1 aliphatic heterocycles. The minimum Gasteiger partial charge on any atom is -0.361 e. The fourth-order valence-electron chi connectivity index (χ4n) is 3.63. The van der Waals surface area contributed by atoms with Gasteiger partial charge in [-0.25, -0.2) is 0 Å². The molecule has 0 saturated heterocycles. The van der Waals surface area contributed by atoms with Gasteiger partial charge in [0, 0.05) is 29.7 Å². The van der Waals surface area contributed by atoms with Crippen molar-refractivity contribution >= 4 is 22.6 Å². The molecule has 0 amide bonds. The van der Waals surface area contributed by atoms with Gasteiger partial charge in [0.05, 0.1) is 0 Å². The van der Waals surface area contributed by atoms with Crippen molar-refractivity contribution in [3.05, 3.63) is 83.6 Å². The summed E-state index contributed by atoms with van der Waals surface area (Å²) in [6.45, 7) is 3.11. The van der Waals surface area contributed by atoms with Crippen molar-refractivity contribution < 1.29 is 0 Å². The summed E-state index contributed by atoms with van der Waals surface area (Å²) in [5.41, 5.74) is 6.64. The molecule has 1 aliphatic rings. The normalized spacial score (nSPS) is 18.0. The molecule has 0 radical (unpaired) electrons. The maximum absolute atomic E-state index is 3.62. The first-order chi connectivity index (χ1) is 12.3. The van der Waals surface area contributed by atoms with Crippen LogP contribution < -0.4 is 5.32 Å². The molecule has 0 aliphatic carbocycles. The molecule has 4 rings (SSSR count). The third-order valence-electron chi connectivity index (χ3n) is 4.96. The highest BCUT2D eigenvalue weighted by molar-refractivity contribution is 5.88. The highest BCUT2D eigenvalue weighted by Gasteiger charge is 2.14. The van der Waals surface area contributed by atoms with Crippen molar-refractivity contribution in [1.82, 2.24) is 10.3 Å². The number of hydrogen-bond acceptors (Lipinski definition) is 1. The summed E-state index contributed by atoms with van der Waals surface area (Å²) in [4.78, 5) is 3.27. The molecule has 3 aromatic rings. The van der Waals surface area contributed by atoms with E-state index in [1.165, 1.54) is 33.2 Å². The summed E-state index contributed by atoms with van der Waals surface area (Å²) in [6, 6.07) is 17.9. The van der Waals surface area contributed by atoms with Gasteiger partial charge in [0.1, 0.15) is 0 Å². The molecule has 1 unspecified atom stereocenters. The van der Waals surface area contributed by atoms with Gasteiger partial charge in [-0.1, -0.05) is 60.2 Å². The number of aromatic nitrogens is 1. The van der Waals surface area contributed by atoms with Gasteiger partial charge >= 0.3 is 0 Å². The van der Waals surface area contributed by atoms with Gasteiger partial charge in [-0.3, -0.25) is 0 Å². The molecule has 0 saturated carbocycles. The highest BCUT2D eigenvalue weighted by atomic mass is 14.9. The van der Waals surface area contributed by atoms with Crippen LogP contribution in [0.4, 0.5) is 0 Å². The number of aryl methyl sites for hydroxylation is 1. The van der Waals surface area contributed by atoms with Crippen LogP contribution in [0.1, 0.15) is 29.5 Å². The van der Waals surface area contributed by atoms with E-state index in [9.17, 15) is 0 Å². The predicted molar refractivity (Wildman–Crippen MR) is 108 cm³/mol. The molecule has 25 heavy (non-hydrogen) atoms. The lowest BCUT2D eigenvalue weighted by Gasteiger charge is -2.23. The zero-order valence-corrected chi connectivity index (χ0v) is 14.6. The molecular weight excluding hydrogens is 304 g/mol. The zero-order chi connectivity index (χ0) is 17.1. The first-order valence-corrected chi connectivity index (χ1v) is 9.02. The standard InChI is InChI=1S/C23H24N2/c1-17-5-2-8-19(15-17)20-11-13-24-21(16-20)9-3-6-18-7-4-10-23-22(18)12-14-25-23/h2-8,10-12,14-15,21,24-25H,9,13,16H2,1H3. The number of rotatable bonds is 4. The molecule has 2 nitrogen and oxygen atoms in total. The van der Waals surface area contributed by atoms with Crippen molar-refractivity contribution in [3.63, 3.8) is 0 Å². The van der Waals surface area contributed by atoms with Gasteiger partial charge in [0.15, 0.2) is 0 Å². The van der Waals surface area contributed by atoms with Gasteiger partial charge in [-0.05, 0) is 48.6 Å². The average molecular weight is 328 g/mol. The van der Waals surface area contributed by atoms with Crippen molar-refractivity contribution in [2.24, 2.45) is 0 Å². The lowest BCUT2D eigenvalue weighted by atomic mass is 9.93. The van der Waals surface area contributed by atoms with Crippen LogP contribution in [0.3, 0.4) is 0 Å². The van der Waals surface area contributed by atoms with E-state index in [0.717, 1.165) is 19.4 Å². The molecule has 1 aromatic heterocycles. The average Bonchev–Trinajstić information content (AvgIpc) is 3.12. The molecule has 1 atom stereocenters. The lowest BCUT2D eigenvalue weighted by molar-refractivity contribution is 0.542. The number of fused-ring (bicyclic) bond motifs is 1. The predicted octanol–water partition coefficient (Wildman–Crippen LogP) is 5.33. The maximum Gasteiger partial charge on any atom is 0.0459 e. The van der Waals surface area contributed by atoms with E-state index in [2.05, 4.69) is 84.0 Å². The first-order valence-electron chi connectivity index (χ1n) is 9.02. The summed E-state index contributed by atoms with van der Waals surface area (Å²) in [7, 11) is 0. The summed E-state index contributed by atoms with van der Waals surface area (Å²) in [6.07, 6.45) is 11.0. The van der Waals surface area contributed by atoms with E-state index in [4.69, 9.17) is 0 Å². The van der Waals surface area contributed by atoms with Gasteiger partial charge in [-0.15, -0.1) is 0 Å². The van der Waals surface area contributed by atoms with Gasteiger partial charge in [0.25, 0.3) is 0 Å². The van der Waals surface area contributed by atoms with Crippen LogP contribution in [0.15, 0.2) is 66.9 Å². The third-order valence-corrected chi connectivity index (χ3v) is 4.96. The van der Waals surface area contributed by atoms with Gasteiger partial charge < -0.3 is 10.3 Å². The van der Waals surface area contributed by atoms with Crippen molar-refractivity contribution in [2.45, 2.75) is 25.8 Å². The van der Waals surface area contributed by atoms with Crippen LogP contribution in [0, 0.1) is 6.92 Å². The van der Waals surface area contributed by atoms with E-state index in [-0.39, 0.29) is 0 Å². The van der Waals surface area contributed by atoms with Crippen molar-refractivity contribution in [3.8, 4) is 0 Å². The van der Waals surface area contributed by atoms with E-state index >= 15 is 0 Å². The second-order valence-corrected chi connectivity index (χ2v) is 6.83. The second-order valence-electron chi connectivity index (χ2n) is 6.83. The molecule has 2 aromatic carbocycles. The number of aromatic amines is 1. The Hall–Kier alpha value is -2.58. The second kappa shape index (κ2) is 7.12. The van der Waals surface area contributed by atoms with Crippen LogP contribution in [0.5, 0.6) is 0 Å². The van der Waals surface area contributed by atoms with Crippen molar-refractivity contribution in [2.75, 3.05) is 6.54 Å². The Kier molecular flexibility index (Phi) is 4.53. The largest absolute Gasteiger partial charge is 0.361 e. The van der Waals surface area contributed by atoms with E-state index in [1.54, 1.807) is 0 Å². The summed E-state index contributed by atoms with van der Waals surface area (Å²) >= 11 is 0. The molecular formula is C23H24N2. The number of H-pyrrole nitrogens is 1. The van der Waals surface area contributed by atoms with E-state index < -0.39 is 0 Å². The van der Waals surface area contributed by atoms with Crippen LogP contribution in [-0.4, -0.2) is 17.6 Å². The minimum absolute atomic E-state index is 0.502. The molecule has 0 bridgehead atoms. The Morgan fingerprint density at radius 2 is 2.04 bits per heavy atom. The minimum atomic E-state index is 0.502. The number of nitrogens with one attached hydrogen (secondary N) is 2. The molecule has 2 N–H and O–H groups in total. The SMILES string of the molecule is Cc1cccc(C2=CCNC(CC=Cc3cccc4[nH]ccc34)C2)c1. The van der Waals surface area contributed by atoms with E-state index in [0.29, 0.717) is 6.04 Å². The fourth-order valence-corrected chi connectivity index (χ4v) is 3.63. The topological polar surface area (TPSA) is 27.8 Å². The van der Waals surface area contributed by atoms with Gasteiger partial charge in [-0.2, -0.15) is 0 Å². The Labute approximate surface area is 149 Å². The molecule has 0 fully saturated rings. The maximum atomic E-state index is 3.62. The number of benzene rings is 2. The zero-order valence-electron chi connectivity index (χ0n) is 14.6. The Morgan fingerprint density at radius 3 is 2.96 bits per heavy atom. The van der Waals surface area contributed by atoms with E-state index in [1.807, 2.05) is 6.20 Å². The lowest BCUT2D eigenvalue weighted by Crippen LogP contribution is -2.32. The number of hydrogen-bond donors (Lipinski definition) is 2. The van der Waals surface area contributed by atoms with Crippen LogP contribution >= 0.6 is 0 Å².